The summed E-state index contributed by atoms with van der Waals surface area (Å²) in [4.78, 5) is 23.6. The standard InChI is InChI=1S/C15H21ClN2O2/c1-4-11(5-2)15(20)17-9-14(19)18-13-7-6-12(16)8-10(13)3/h6-8,11H,4-5,9H2,1-3H3,(H,17,20)(H,18,19). The molecule has 0 fully saturated rings. The van der Waals surface area contributed by atoms with Crippen molar-refractivity contribution in [2.75, 3.05) is 11.9 Å². The molecule has 110 valence electrons. The fraction of sp³-hybridized carbons (Fsp3) is 0.467. The van der Waals surface area contributed by atoms with Crippen LogP contribution in [0.15, 0.2) is 18.2 Å². The highest BCUT2D eigenvalue weighted by Crippen LogP contribution is 2.19. The lowest BCUT2D eigenvalue weighted by Gasteiger charge is -2.13. The smallest absolute Gasteiger partial charge is 0.243 e. The zero-order valence-corrected chi connectivity index (χ0v) is 12.9. The highest BCUT2D eigenvalue weighted by Gasteiger charge is 2.14. The van der Waals surface area contributed by atoms with Crippen LogP contribution >= 0.6 is 11.6 Å². The average Bonchev–Trinajstić information content (AvgIpc) is 2.41. The number of amides is 2. The van der Waals surface area contributed by atoms with Crippen LogP contribution in [0.1, 0.15) is 32.3 Å². The second-order valence-corrected chi connectivity index (χ2v) is 5.18. The van der Waals surface area contributed by atoms with E-state index in [1.54, 1.807) is 18.2 Å². The molecule has 0 aliphatic rings. The first-order valence-corrected chi connectivity index (χ1v) is 7.19. The number of hydrogen-bond donors (Lipinski definition) is 2. The van der Waals surface area contributed by atoms with E-state index in [0.717, 1.165) is 18.4 Å². The summed E-state index contributed by atoms with van der Waals surface area (Å²) in [5.74, 6) is -0.340. The monoisotopic (exact) mass is 296 g/mol. The van der Waals surface area contributed by atoms with Crippen LogP contribution < -0.4 is 10.6 Å². The highest BCUT2D eigenvalue weighted by atomic mass is 35.5. The molecular formula is C15H21ClN2O2. The molecule has 5 heteroatoms. The Kier molecular flexibility index (Phi) is 6.52. The van der Waals surface area contributed by atoms with Gasteiger partial charge in [0.15, 0.2) is 0 Å². The summed E-state index contributed by atoms with van der Waals surface area (Å²) in [6, 6.07) is 5.24. The third-order valence-electron chi connectivity index (χ3n) is 3.24. The Morgan fingerprint density at radius 1 is 1.25 bits per heavy atom. The number of carbonyl (C=O) groups excluding carboxylic acids is 2. The van der Waals surface area contributed by atoms with E-state index in [4.69, 9.17) is 11.6 Å². The molecule has 0 saturated carbocycles. The Labute approximate surface area is 124 Å². The molecule has 0 bridgehead atoms. The molecule has 20 heavy (non-hydrogen) atoms. The van der Waals surface area contributed by atoms with Crippen LogP contribution in [0, 0.1) is 12.8 Å². The number of anilines is 1. The van der Waals surface area contributed by atoms with Crippen molar-refractivity contribution >= 4 is 29.1 Å². The molecule has 0 aromatic heterocycles. The van der Waals surface area contributed by atoms with Crippen LogP contribution in [0.3, 0.4) is 0 Å². The molecule has 0 aliphatic heterocycles. The van der Waals surface area contributed by atoms with Gasteiger partial charge in [0.05, 0.1) is 6.54 Å². The molecular weight excluding hydrogens is 276 g/mol. The van der Waals surface area contributed by atoms with Gasteiger partial charge in [-0.1, -0.05) is 25.4 Å². The molecule has 0 radical (unpaired) electrons. The maximum atomic E-state index is 11.8. The number of benzene rings is 1. The Bertz CT molecular complexity index is 485. The van der Waals surface area contributed by atoms with E-state index in [2.05, 4.69) is 10.6 Å². The number of rotatable bonds is 6. The first-order chi connectivity index (χ1) is 9.47. The third-order valence-corrected chi connectivity index (χ3v) is 3.48. The lowest BCUT2D eigenvalue weighted by Crippen LogP contribution is -2.36. The molecule has 0 unspecified atom stereocenters. The molecule has 2 amide bonds. The van der Waals surface area contributed by atoms with Gasteiger partial charge >= 0.3 is 0 Å². The summed E-state index contributed by atoms with van der Waals surface area (Å²) in [7, 11) is 0. The van der Waals surface area contributed by atoms with Crippen molar-refractivity contribution in [2.45, 2.75) is 33.6 Å². The van der Waals surface area contributed by atoms with Gasteiger partial charge in [0.1, 0.15) is 0 Å². The van der Waals surface area contributed by atoms with Crippen molar-refractivity contribution in [2.24, 2.45) is 5.92 Å². The van der Waals surface area contributed by atoms with Crippen LogP contribution in [0.4, 0.5) is 5.69 Å². The van der Waals surface area contributed by atoms with E-state index >= 15 is 0 Å². The van der Waals surface area contributed by atoms with Gasteiger partial charge in [-0.2, -0.15) is 0 Å². The summed E-state index contributed by atoms with van der Waals surface area (Å²) in [6.45, 7) is 5.78. The molecule has 1 rings (SSSR count). The molecule has 0 aliphatic carbocycles. The maximum Gasteiger partial charge on any atom is 0.243 e. The van der Waals surface area contributed by atoms with Crippen molar-refractivity contribution < 1.29 is 9.59 Å². The van der Waals surface area contributed by atoms with Crippen molar-refractivity contribution in [1.82, 2.24) is 5.32 Å². The molecule has 4 nitrogen and oxygen atoms in total. The molecule has 1 aromatic rings. The lowest BCUT2D eigenvalue weighted by atomic mass is 10.0. The maximum absolute atomic E-state index is 11.8. The van der Waals surface area contributed by atoms with E-state index in [-0.39, 0.29) is 24.3 Å². The van der Waals surface area contributed by atoms with E-state index in [1.165, 1.54) is 0 Å². The Morgan fingerprint density at radius 2 is 1.90 bits per heavy atom. The molecule has 2 N–H and O–H groups in total. The van der Waals surface area contributed by atoms with E-state index < -0.39 is 0 Å². The summed E-state index contributed by atoms with van der Waals surface area (Å²) in [5.41, 5.74) is 1.59. The summed E-state index contributed by atoms with van der Waals surface area (Å²) in [5, 5.41) is 6.04. The van der Waals surface area contributed by atoms with Crippen molar-refractivity contribution in [3.8, 4) is 0 Å². The second-order valence-electron chi connectivity index (χ2n) is 4.74. The van der Waals surface area contributed by atoms with Gasteiger partial charge in [0.25, 0.3) is 0 Å². The summed E-state index contributed by atoms with van der Waals surface area (Å²) < 4.78 is 0. The number of carbonyl (C=O) groups is 2. The van der Waals surface area contributed by atoms with Gasteiger partial charge < -0.3 is 10.6 Å². The first-order valence-electron chi connectivity index (χ1n) is 6.81. The second kappa shape index (κ2) is 7.90. The summed E-state index contributed by atoms with van der Waals surface area (Å²) in [6.07, 6.45) is 1.56. The third kappa shape index (κ3) is 4.85. The Balaban J connectivity index is 2.50. The molecule has 0 spiro atoms. The SMILES string of the molecule is CCC(CC)C(=O)NCC(=O)Nc1ccc(Cl)cc1C. The normalized spacial score (nSPS) is 10.4. The zero-order valence-electron chi connectivity index (χ0n) is 12.1. The van der Waals surface area contributed by atoms with Gasteiger partial charge in [-0.3, -0.25) is 9.59 Å². The lowest BCUT2D eigenvalue weighted by molar-refractivity contribution is -0.127. The van der Waals surface area contributed by atoms with Gasteiger partial charge in [-0.15, -0.1) is 0 Å². The fourth-order valence-corrected chi connectivity index (χ4v) is 2.16. The fourth-order valence-electron chi connectivity index (χ4n) is 1.93. The van der Waals surface area contributed by atoms with Crippen molar-refractivity contribution in [1.29, 1.82) is 0 Å². The van der Waals surface area contributed by atoms with E-state index in [0.29, 0.717) is 10.7 Å². The topological polar surface area (TPSA) is 58.2 Å². The van der Waals surface area contributed by atoms with Gasteiger partial charge in [0.2, 0.25) is 11.8 Å². The minimum Gasteiger partial charge on any atom is -0.347 e. The van der Waals surface area contributed by atoms with E-state index in [1.807, 2.05) is 20.8 Å². The molecule has 0 atom stereocenters. The minimum atomic E-state index is -0.241. The Hall–Kier alpha value is -1.55. The van der Waals surface area contributed by atoms with Crippen LogP contribution in [-0.4, -0.2) is 18.4 Å². The van der Waals surface area contributed by atoms with Crippen LogP contribution in [0.25, 0.3) is 0 Å². The average molecular weight is 297 g/mol. The van der Waals surface area contributed by atoms with Crippen LogP contribution in [0.2, 0.25) is 5.02 Å². The van der Waals surface area contributed by atoms with Gasteiger partial charge in [-0.05, 0) is 43.5 Å². The zero-order chi connectivity index (χ0) is 15.1. The van der Waals surface area contributed by atoms with Gasteiger partial charge in [0, 0.05) is 16.6 Å². The van der Waals surface area contributed by atoms with E-state index in [9.17, 15) is 9.59 Å². The van der Waals surface area contributed by atoms with Crippen LogP contribution in [-0.2, 0) is 9.59 Å². The molecule has 0 saturated heterocycles. The van der Waals surface area contributed by atoms with Crippen molar-refractivity contribution in [3.05, 3.63) is 28.8 Å². The molecule has 1 aromatic carbocycles. The minimum absolute atomic E-state index is 0.0165. The quantitative estimate of drug-likeness (QED) is 0.847. The predicted molar refractivity (Wildman–Crippen MR) is 81.9 cm³/mol. The number of halogens is 1. The Morgan fingerprint density at radius 3 is 2.45 bits per heavy atom. The van der Waals surface area contributed by atoms with Crippen molar-refractivity contribution in [3.63, 3.8) is 0 Å². The largest absolute Gasteiger partial charge is 0.347 e. The number of nitrogens with one attached hydrogen (secondary N) is 2. The predicted octanol–water partition coefficient (Wildman–Crippen LogP) is 3.14. The molecule has 0 heterocycles. The first kappa shape index (κ1) is 16.5. The van der Waals surface area contributed by atoms with Gasteiger partial charge in [-0.25, -0.2) is 0 Å². The number of aryl methyl sites for hydroxylation is 1. The summed E-state index contributed by atoms with van der Waals surface area (Å²) >= 11 is 5.85. The highest BCUT2D eigenvalue weighted by molar-refractivity contribution is 6.30. The number of hydrogen-bond acceptors (Lipinski definition) is 2. The van der Waals surface area contributed by atoms with Crippen LogP contribution in [0.5, 0.6) is 0 Å².